The summed E-state index contributed by atoms with van der Waals surface area (Å²) in [5.41, 5.74) is 5.81. The molecule has 1 aromatic heterocycles. The molecule has 7 heteroatoms. The number of carbonyl (C=O) groups is 1. The van der Waals surface area contributed by atoms with Crippen LogP contribution in [-0.4, -0.2) is 23.3 Å². The highest BCUT2D eigenvalue weighted by Gasteiger charge is 2.35. The molecule has 2 amide bonds. The van der Waals surface area contributed by atoms with Gasteiger partial charge in [0.25, 0.3) is 0 Å². The molecule has 1 aliphatic rings. The zero-order chi connectivity index (χ0) is 12.6. The average molecular weight is 379 g/mol. The zero-order valence-corrected chi connectivity index (χ0v) is 12.7. The largest absolute Gasteiger partial charge is 0.385 e. The van der Waals surface area contributed by atoms with Crippen LogP contribution in [0.1, 0.15) is 10.9 Å². The van der Waals surface area contributed by atoms with Crippen LogP contribution in [0.15, 0.2) is 32.0 Å². The maximum absolute atomic E-state index is 11.6. The van der Waals surface area contributed by atoms with Crippen molar-refractivity contribution in [2.24, 2.45) is 10.7 Å². The Morgan fingerprint density at radius 3 is 2.88 bits per heavy atom. The maximum Gasteiger partial charge on any atom is 0.346 e. The fraction of sp³-hybridized carbons (Fsp3) is 0.200. The van der Waals surface area contributed by atoms with E-state index >= 15 is 0 Å². The minimum absolute atomic E-state index is 0.284. The molecule has 17 heavy (non-hydrogen) atoms. The van der Waals surface area contributed by atoms with E-state index in [1.807, 2.05) is 6.07 Å². The number of amides is 2. The van der Waals surface area contributed by atoms with Gasteiger partial charge in [-0.1, -0.05) is 6.08 Å². The van der Waals surface area contributed by atoms with Crippen LogP contribution < -0.4 is 5.73 Å². The van der Waals surface area contributed by atoms with Gasteiger partial charge in [-0.25, -0.2) is 4.79 Å². The van der Waals surface area contributed by atoms with Gasteiger partial charge >= 0.3 is 6.03 Å². The summed E-state index contributed by atoms with van der Waals surface area (Å²) < 4.78 is 1.92. The normalized spacial score (nSPS) is 19.6. The van der Waals surface area contributed by atoms with E-state index in [1.165, 1.54) is 11.3 Å². The van der Waals surface area contributed by atoms with Gasteiger partial charge in [-0.05, 0) is 37.9 Å². The third kappa shape index (κ3) is 2.31. The molecule has 0 spiro atoms. The molecule has 0 saturated carbocycles. The second-order valence-corrected chi connectivity index (χ2v) is 6.69. The number of nitrogens with two attached hydrogens (primary N) is 1. The highest BCUT2D eigenvalue weighted by molar-refractivity contribution is 9.13. The molecule has 2 heterocycles. The number of nitrogens with zero attached hydrogens (tertiary/aromatic N) is 2. The molecular weight excluding hydrogens is 370 g/mol. The van der Waals surface area contributed by atoms with Gasteiger partial charge in [-0.3, -0.25) is 0 Å². The minimum Gasteiger partial charge on any atom is -0.385 e. The number of rotatable bonds is 3. The van der Waals surface area contributed by atoms with Crippen LogP contribution in [0.4, 0.5) is 4.79 Å². The lowest BCUT2D eigenvalue weighted by molar-refractivity contribution is 0.213. The standard InChI is InChI=1S/C10H9Br2N3OS/c1-2-3-15-7(9(13)14-10(15)16)6-4-5(11)8(12)17-6/h2,4,7H,1,3H2,(H2,13,14,16). The zero-order valence-electron chi connectivity index (χ0n) is 8.69. The van der Waals surface area contributed by atoms with E-state index < -0.39 is 0 Å². The molecule has 0 aromatic carbocycles. The molecule has 0 bridgehead atoms. The number of urea groups is 1. The van der Waals surface area contributed by atoms with E-state index in [-0.39, 0.29) is 12.1 Å². The Morgan fingerprint density at radius 2 is 2.35 bits per heavy atom. The third-order valence-electron chi connectivity index (χ3n) is 2.32. The van der Waals surface area contributed by atoms with E-state index in [0.717, 1.165) is 13.1 Å². The molecular formula is C10H9Br2N3OS. The lowest BCUT2D eigenvalue weighted by Gasteiger charge is -2.21. The summed E-state index contributed by atoms with van der Waals surface area (Å²) in [6, 6.07) is 1.34. The summed E-state index contributed by atoms with van der Waals surface area (Å²) >= 11 is 8.37. The van der Waals surface area contributed by atoms with Crippen LogP contribution in [0.3, 0.4) is 0 Å². The molecule has 1 atom stereocenters. The number of hydrogen-bond donors (Lipinski definition) is 1. The van der Waals surface area contributed by atoms with Crippen molar-refractivity contribution in [1.29, 1.82) is 0 Å². The number of amidine groups is 1. The molecule has 0 aliphatic carbocycles. The number of thiophene rings is 1. The van der Waals surface area contributed by atoms with E-state index in [2.05, 4.69) is 43.4 Å². The Morgan fingerprint density at radius 1 is 1.65 bits per heavy atom. The molecule has 2 rings (SSSR count). The van der Waals surface area contributed by atoms with E-state index in [0.29, 0.717) is 12.4 Å². The summed E-state index contributed by atoms with van der Waals surface area (Å²) in [7, 11) is 0. The van der Waals surface area contributed by atoms with Crippen molar-refractivity contribution in [2.75, 3.05) is 6.54 Å². The first-order valence-electron chi connectivity index (χ1n) is 4.75. The van der Waals surface area contributed by atoms with Gasteiger partial charge < -0.3 is 10.6 Å². The molecule has 1 aromatic rings. The van der Waals surface area contributed by atoms with Crippen molar-refractivity contribution < 1.29 is 4.79 Å². The summed E-state index contributed by atoms with van der Waals surface area (Å²) in [5.74, 6) is 0.332. The Balaban J connectivity index is 2.38. The quantitative estimate of drug-likeness (QED) is 0.820. The molecule has 1 aliphatic heterocycles. The van der Waals surface area contributed by atoms with E-state index in [4.69, 9.17) is 5.73 Å². The van der Waals surface area contributed by atoms with Crippen molar-refractivity contribution in [1.82, 2.24) is 4.90 Å². The molecule has 0 radical (unpaired) electrons. The smallest absolute Gasteiger partial charge is 0.346 e. The highest BCUT2D eigenvalue weighted by Crippen LogP contribution is 2.39. The van der Waals surface area contributed by atoms with Gasteiger partial charge in [0.2, 0.25) is 0 Å². The lowest BCUT2D eigenvalue weighted by atomic mass is 10.2. The first-order chi connectivity index (χ1) is 8.04. The number of aliphatic imine (C=N–C) groups is 1. The van der Waals surface area contributed by atoms with Crippen LogP contribution >= 0.6 is 43.2 Å². The summed E-state index contributed by atoms with van der Waals surface area (Å²) in [5, 5.41) is 0. The lowest BCUT2D eigenvalue weighted by Crippen LogP contribution is -2.32. The number of halogens is 2. The van der Waals surface area contributed by atoms with Gasteiger partial charge in [0.15, 0.2) is 0 Å². The van der Waals surface area contributed by atoms with E-state index in [9.17, 15) is 4.79 Å². The summed E-state index contributed by atoms with van der Waals surface area (Å²) in [6.07, 6.45) is 1.66. The average Bonchev–Trinajstić information content (AvgIpc) is 2.70. The molecule has 0 saturated heterocycles. The second kappa shape index (κ2) is 4.91. The fourth-order valence-electron chi connectivity index (χ4n) is 1.63. The summed E-state index contributed by atoms with van der Waals surface area (Å²) in [4.78, 5) is 18.0. The molecule has 4 nitrogen and oxygen atoms in total. The summed E-state index contributed by atoms with van der Waals surface area (Å²) in [6.45, 7) is 4.07. The Hall–Kier alpha value is -0.660. The SMILES string of the molecule is C=CCN1C(=O)N=C(N)C1c1cc(Br)c(Br)s1. The predicted octanol–water partition coefficient (Wildman–Crippen LogP) is 3.29. The fourth-order valence-corrected chi connectivity index (χ4v) is 3.84. The molecule has 0 fully saturated rings. The second-order valence-electron chi connectivity index (χ2n) is 3.43. The maximum atomic E-state index is 11.6. The van der Waals surface area contributed by atoms with Crippen LogP contribution in [-0.2, 0) is 0 Å². The van der Waals surface area contributed by atoms with Crippen LogP contribution in [0.2, 0.25) is 0 Å². The van der Waals surface area contributed by atoms with Gasteiger partial charge in [0.1, 0.15) is 11.9 Å². The Kier molecular flexibility index (Phi) is 3.70. The first kappa shape index (κ1) is 12.8. The van der Waals surface area contributed by atoms with Crippen LogP contribution in [0, 0.1) is 0 Å². The van der Waals surface area contributed by atoms with Gasteiger partial charge in [0, 0.05) is 15.9 Å². The van der Waals surface area contributed by atoms with Crippen LogP contribution in [0.5, 0.6) is 0 Å². The van der Waals surface area contributed by atoms with Crippen molar-refractivity contribution in [3.8, 4) is 0 Å². The van der Waals surface area contributed by atoms with Crippen molar-refractivity contribution in [3.05, 3.63) is 31.9 Å². The minimum atomic E-state index is -0.312. The highest BCUT2D eigenvalue weighted by atomic mass is 79.9. The van der Waals surface area contributed by atoms with Gasteiger partial charge in [-0.15, -0.1) is 17.9 Å². The third-order valence-corrected chi connectivity index (χ3v) is 5.63. The van der Waals surface area contributed by atoms with Gasteiger partial charge in [-0.2, -0.15) is 4.99 Å². The first-order valence-corrected chi connectivity index (χ1v) is 7.15. The van der Waals surface area contributed by atoms with Gasteiger partial charge in [0.05, 0.1) is 3.79 Å². The van der Waals surface area contributed by atoms with E-state index in [1.54, 1.807) is 11.0 Å². The molecule has 90 valence electrons. The number of carbonyl (C=O) groups excluding carboxylic acids is 1. The monoisotopic (exact) mass is 377 g/mol. The molecule has 1 unspecified atom stereocenters. The van der Waals surface area contributed by atoms with Crippen LogP contribution in [0.25, 0.3) is 0 Å². The van der Waals surface area contributed by atoms with Crippen molar-refractivity contribution in [2.45, 2.75) is 6.04 Å². The predicted molar refractivity (Wildman–Crippen MR) is 76.4 cm³/mol. The number of hydrogen-bond acceptors (Lipinski definition) is 3. The van der Waals surface area contributed by atoms with Crippen molar-refractivity contribution in [3.63, 3.8) is 0 Å². The van der Waals surface area contributed by atoms with Crippen molar-refractivity contribution >= 4 is 55.1 Å². The topological polar surface area (TPSA) is 58.7 Å². The Bertz CT molecular complexity index is 492. The Labute approximate surface area is 119 Å². The molecule has 2 N–H and O–H groups in total.